The number of ether oxygens (including phenoxy) is 2. The normalized spacial score (nSPS) is 14.0. The van der Waals surface area contributed by atoms with Crippen molar-refractivity contribution in [3.63, 3.8) is 0 Å². The first-order valence-corrected chi connectivity index (χ1v) is 16.7. The van der Waals surface area contributed by atoms with E-state index in [0.29, 0.717) is 11.6 Å². The van der Waals surface area contributed by atoms with E-state index in [2.05, 4.69) is 109 Å². The lowest BCUT2D eigenvalue weighted by molar-refractivity contribution is 0.0448. The quantitative estimate of drug-likeness (QED) is 0.156. The van der Waals surface area contributed by atoms with E-state index in [-0.39, 0.29) is 22.9 Å². The van der Waals surface area contributed by atoms with Crippen molar-refractivity contribution in [2.75, 3.05) is 0 Å². The molecule has 0 aliphatic rings. The van der Waals surface area contributed by atoms with Crippen molar-refractivity contribution in [3.05, 3.63) is 60.4 Å². The van der Waals surface area contributed by atoms with Crippen LogP contribution in [0.2, 0.25) is 0 Å². The Morgan fingerprint density at radius 1 is 0.617 bits per heavy atom. The van der Waals surface area contributed by atoms with Crippen LogP contribution in [0.3, 0.4) is 0 Å². The summed E-state index contributed by atoms with van der Waals surface area (Å²) in [7, 11) is 0. The van der Waals surface area contributed by atoms with E-state index < -0.39 is 23.4 Å². The Balaban J connectivity index is 1.49. The number of amides is 2. The van der Waals surface area contributed by atoms with Crippen molar-refractivity contribution in [2.24, 2.45) is 10.8 Å². The van der Waals surface area contributed by atoms with Gasteiger partial charge in [0.1, 0.15) is 22.9 Å². The van der Waals surface area contributed by atoms with Gasteiger partial charge in [-0.1, -0.05) is 65.8 Å². The van der Waals surface area contributed by atoms with Crippen LogP contribution in [-0.4, -0.2) is 43.3 Å². The molecule has 0 unspecified atom stereocenters. The van der Waals surface area contributed by atoms with Gasteiger partial charge in [-0.3, -0.25) is 0 Å². The fourth-order valence-electron chi connectivity index (χ4n) is 4.93. The van der Waals surface area contributed by atoms with Gasteiger partial charge in [0.15, 0.2) is 0 Å². The van der Waals surface area contributed by atoms with Crippen LogP contribution in [-0.2, 0) is 9.47 Å². The molecule has 2 amide bonds. The predicted molar refractivity (Wildman–Crippen MR) is 188 cm³/mol. The summed E-state index contributed by atoms with van der Waals surface area (Å²) >= 11 is 1.66. The Labute approximate surface area is 282 Å². The lowest BCUT2D eigenvalue weighted by atomic mass is 9.86. The average molecular weight is 663 g/mol. The Kier molecular flexibility index (Phi) is 10.0. The molecule has 4 N–H and O–H groups in total. The summed E-state index contributed by atoms with van der Waals surface area (Å²) < 4.78 is 11.0. The highest BCUT2D eigenvalue weighted by molar-refractivity contribution is 7.18. The second-order valence-corrected chi connectivity index (χ2v) is 17.1. The molecule has 254 valence electrons. The van der Waals surface area contributed by atoms with Crippen LogP contribution in [0.15, 0.2) is 48.8 Å². The zero-order valence-corrected chi connectivity index (χ0v) is 30.5. The number of nitrogens with one attached hydrogen (secondary N) is 4. The van der Waals surface area contributed by atoms with Crippen molar-refractivity contribution in [1.82, 2.24) is 30.6 Å². The Morgan fingerprint density at radius 2 is 1.02 bits per heavy atom. The maximum absolute atomic E-state index is 12.6. The largest absolute Gasteiger partial charge is 0.444 e. The Bertz CT molecular complexity index is 1670. The maximum Gasteiger partial charge on any atom is 0.408 e. The van der Waals surface area contributed by atoms with Crippen molar-refractivity contribution in [2.45, 2.75) is 106 Å². The molecular weight excluding hydrogens is 613 g/mol. The minimum atomic E-state index is -0.594. The molecule has 47 heavy (non-hydrogen) atoms. The second-order valence-electron chi connectivity index (χ2n) is 16.0. The predicted octanol–water partition coefficient (Wildman–Crippen LogP) is 9.42. The lowest BCUT2D eigenvalue weighted by Gasteiger charge is -2.31. The van der Waals surface area contributed by atoms with Gasteiger partial charge >= 0.3 is 12.2 Å². The van der Waals surface area contributed by atoms with Crippen LogP contribution >= 0.6 is 11.3 Å². The molecule has 4 rings (SSSR count). The van der Waals surface area contributed by atoms with Gasteiger partial charge in [-0.05, 0) is 75.6 Å². The van der Waals surface area contributed by atoms with Gasteiger partial charge in [0, 0.05) is 4.88 Å². The number of nitrogens with zero attached hydrogens (tertiary/aromatic N) is 2. The van der Waals surface area contributed by atoms with Crippen LogP contribution in [0, 0.1) is 10.8 Å². The van der Waals surface area contributed by atoms with E-state index in [4.69, 9.17) is 9.47 Å². The number of benzene rings is 1. The zero-order valence-electron chi connectivity index (χ0n) is 29.7. The molecule has 4 aromatic rings. The summed E-state index contributed by atoms with van der Waals surface area (Å²) in [6, 6.07) is 11.7. The van der Waals surface area contributed by atoms with Crippen LogP contribution < -0.4 is 10.6 Å². The number of hydrogen-bond acceptors (Lipinski definition) is 7. The zero-order chi connectivity index (χ0) is 34.9. The van der Waals surface area contributed by atoms with E-state index in [9.17, 15) is 9.59 Å². The number of alkyl carbamates (subject to hydrolysis) is 2. The standard InChI is InChI=1S/C36H50N6O4S/c1-33(2,3)27(41-31(43)45-35(7,8)9)29-37-19-23(39-29)21-13-15-22(16-14-21)25-17-18-26(47-25)24-20-38-30(40-24)28(34(4,5)6)42-32(44)46-36(10,11)12/h13-20,27-28H,1-12H3,(H,37,39)(H,38,40)(H,41,43)(H,42,44)/t27-,28-/m1/s1. The molecule has 0 bridgehead atoms. The summed E-state index contributed by atoms with van der Waals surface area (Å²) in [5, 5.41) is 5.98. The Morgan fingerprint density at radius 3 is 1.47 bits per heavy atom. The summed E-state index contributed by atoms with van der Waals surface area (Å²) in [4.78, 5) is 43.4. The molecule has 0 radical (unpaired) electrons. The number of rotatable bonds is 7. The first kappa shape index (κ1) is 35.7. The van der Waals surface area contributed by atoms with Crippen LogP contribution in [0.4, 0.5) is 9.59 Å². The van der Waals surface area contributed by atoms with Gasteiger partial charge in [-0.2, -0.15) is 0 Å². The minimum Gasteiger partial charge on any atom is -0.444 e. The molecule has 0 spiro atoms. The SMILES string of the molecule is CC(C)(C)OC(=O)N[C@H](c1ncc(-c2ccc(-c3ccc(-c4cnc([C@@H](NC(=O)OC(C)(C)C)C(C)(C)C)[nH]4)s3)cc2)[nH]1)C(C)(C)C. The number of carbonyl (C=O) groups excluding carboxylic acids is 2. The Hall–Kier alpha value is -4.12. The average Bonchev–Trinajstić information content (AvgIpc) is 3.68. The van der Waals surface area contributed by atoms with E-state index >= 15 is 0 Å². The second kappa shape index (κ2) is 13.2. The summed E-state index contributed by atoms with van der Waals surface area (Å²) in [5.41, 5.74) is 2.02. The van der Waals surface area contributed by atoms with Crippen LogP contribution in [0.25, 0.3) is 32.3 Å². The van der Waals surface area contributed by atoms with Gasteiger partial charge in [-0.25, -0.2) is 19.6 Å². The fraction of sp³-hybridized carbons (Fsp3) is 0.500. The van der Waals surface area contributed by atoms with E-state index in [0.717, 1.165) is 32.3 Å². The van der Waals surface area contributed by atoms with Crippen molar-refractivity contribution in [3.8, 4) is 32.3 Å². The van der Waals surface area contributed by atoms with Crippen LogP contribution in [0.1, 0.15) is 107 Å². The first-order valence-electron chi connectivity index (χ1n) is 15.9. The number of aromatic amines is 2. The minimum absolute atomic E-state index is 0.300. The monoisotopic (exact) mass is 662 g/mol. The van der Waals surface area contributed by atoms with E-state index in [1.807, 2.05) is 47.7 Å². The molecule has 2 atom stereocenters. The topological polar surface area (TPSA) is 134 Å². The molecule has 0 fully saturated rings. The third kappa shape index (κ3) is 9.70. The third-order valence-corrected chi connectivity index (χ3v) is 8.31. The molecule has 0 aliphatic carbocycles. The fourth-order valence-corrected chi connectivity index (χ4v) is 5.91. The molecule has 3 heterocycles. The number of aromatic nitrogens is 4. The van der Waals surface area contributed by atoms with Gasteiger partial charge in [0.2, 0.25) is 0 Å². The smallest absolute Gasteiger partial charge is 0.408 e. The molecule has 10 nitrogen and oxygen atoms in total. The number of thiophene rings is 1. The molecule has 1 aromatic carbocycles. The molecular formula is C36H50N6O4S. The highest BCUT2D eigenvalue weighted by atomic mass is 32.1. The summed E-state index contributed by atoms with van der Waals surface area (Å²) in [6.45, 7) is 23.4. The van der Waals surface area contributed by atoms with Gasteiger partial charge in [-0.15, -0.1) is 11.3 Å². The van der Waals surface area contributed by atoms with Gasteiger partial charge < -0.3 is 30.1 Å². The van der Waals surface area contributed by atoms with Crippen molar-refractivity contribution < 1.29 is 19.1 Å². The number of hydrogen-bond donors (Lipinski definition) is 4. The highest BCUT2D eigenvalue weighted by Gasteiger charge is 2.33. The molecule has 0 saturated heterocycles. The van der Waals surface area contributed by atoms with Gasteiger partial charge in [0.25, 0.3) is 0 Å². The highest BCUT2D eigenvalue weighted by Crippen LogP contribution is 2.38. The first-order chi connectivity index (χ1) is 21.6. The van der Waals surface area contributed by atoms with E-state index in [1.54, 1.807) is 17.5 Å². The number of imidazole rings is 2. The number of carbonyl (C=O) groups is 2. The molecule has 0 saturated carbocycles. The molecule has 11 heteroatoms. The van der Waals surface area contributed by atoms with Crippen molar-refractivity contribution >= 4 is 23.5 Å². The van der Waals surface area contributed by atoms with Gasteiger partial charge in [0.05, 0.1) is 40.7 Å². The summed E-state index contributed by atoms with van der Waals surface area (Å²) in [5.74, 6) is 1.34. The third-order valence-electron chi connectivity index (χ3n) is 7.14. The molecule has 0 aliphatic heterocycles. The van der Waals surface area contributed by atoms with Crippen molar-refractivity contribution in [1.29, 1.82) is 0 Å². The van der Waals surface area contributed by atoms with Crippen LogP contribution in [0.5, 0.6) is 0 Å². The van der Waals surface area contributed by atoms with E-state index in [1.165, 1.54) is 0 Å². The molecule has 3 aromatic heterocycles. The maximum atomic E-state index is 12.6. The lowest BCUT2D eigenvalue weighted by Crippen LogP contribution is -2.40. The number of H-pyrrole nitrogens is 2. The summed E-state index contributed by atoms with van der Waals surface area (Å²) in [6.07, 6.45) is 2.64.